The molecule has 1 fully saturated rings. The molecule has 5 heteroatoms. The molecule has 2 rings (SSSR count). The first-order valence-electron chi connectivity index (χ1n) is 6.53. The van der Waals surface area contributed by atoms with Crippen molar-refractivity contribution in [3.05, 3.63) is 29.8 Å². The highest BCUT2D eigenvalue weighted by atomic mass is 16.5. The third kappa shape index (κ3) is 4.52. The maximum atomic E-state index is 8.44. The van der Waals surface area contributed by atoms with Crippen LogP contribution >= 0.6 is 0 Å². The van der Waals surface area contributed by atoms with Gasteiger partial charge in [-0.15, -0.1) is 0 Å². The Morgan fingerprint density at radius 1 is 1.21 bits per heavy atom. The molecule has 0 aromatic heterocycles. The molecule has 0 spiro atoms. The van der Waals surface area contributed by atoms with Crippen molar-refractivity contribution in [3.8, 4) is 11.8 Å². The van der Waals surface area contributed by atoms with Gasteiger partial charge in [0.2, 0.25) is 0 Å². The van der Waals surface area contributed by atoms with Crippen LogP contribution in [0.4, 0.5) is 0 Å². The minimum atomic E-state index is 0.0961. The summed E-state index contributed by atoms with van der Waals surface area (Å²) in [6, 6.07) is 9.81. The second-order valence-electron chi connectivity index (χ2n) is 4.72. The van der Waals surface area contributed by atoms with Crippen LogP contribution < -0.4 is 10.2 Å². The Morgan fingerprint density at radius 2 is 1.89 bits per heavy atom. The molecule has 102 valence electrons. The summed E-state index contributed by atoms with van der Waals surface area (Å²) >= 11 is 0. The van der Waals surface area contributed by atoms with Gasteiger partial charge in [-0.1, -0.05) is 12.1 Å². The van der Waals surface area contributed by atoms with Gasteiger partial charge in [-0.25, -0.2) is 5.01 Å². The molecule has 0 saturated carbocycles. The number of likely N-dealkylation sites (N-methyl/N-ethyl adjacent to an activating group) is 1. The van der Waals surface area contributed by atoms with Crippen molar-refractivity contribution in [1.29, 1.82) is 5.26 Å². The zero-order valence-corrected chi connectivity index (χ0v) is 11.3. The summed E-state index contributed by atoms with van der Waals surface area (Å²) in [7, 11) is 2.15. The van der Waals surface area contributed by atoms with Gasteiger partial charge in [0.1, 0.15) is 11.8 Å². The Balaban J connectivity index is 1.75. The highest BCUT2D eigenvalue weighted by molar-refractivity contribution is 5.27. The highest BCUT2D eigenvalue weighted by Gasteiger charge is 2.12. The van der Waals surface area contributed by atoms with Crippen LogP contribution in [-0.2, 0) is 6.54 Å². The van der Waals surface area contributed by atoms with Gasteiger partial charge in [0, 0.05) is 32.7 Å². The van der Waals surface area contributed by atoms with Crippen molar-refractivity contribution in [2.45, 2.75) is 6.54 Å². The van der Waals surface area contributed by atoms with E-state index in [-0.39, 0.29) is 6.61 Å². The van der Waals surface area contributed by atoms with Gasteiger partial charge in [-0.3, -0.25) is 5.43 Å². The molecule has 1 aromatic carbocycles. The zero-order chi connectivity index (χ0) is 13.5. The first kappa shape index (κ1) is 13.8. The third-order valence-electron chi connectivity index (χ3n) is 3.24. The molecule has 0 amide bonds. The Bertz CT molecular complexity index is 418. The van der Waals surface area contributed by atoms with Crippen LogP contribution in [0.15, 0.2) is 24.3 Å². The molecular formula is C14H20N4O. The summed E-state index contributed by atoms with van der Waals surface area (Å²) in [5.74, 6) is 0.741. The molecule has 1 N–H and O–H groups in total. The number of benzene rings is 1. The van der Waals surface area contributed by atoms with Crippen molar-refractivity contribution in [3.63, 3.8) is 0 Å². The molecule has 0 radical (unpaired) electrons. The van der Waals surface area contributed by atoms with E-state index in [1.54, 1.807) is 0 Å². The van der Waals surface area contributed by atoms with Crippen LogP contribution in [0, 0.1) is 11.3 Å². The number of nitriles is 1. The summed E-state index contributed by atoms with van der Waals surface area (Å²) in [6.45, 7) is 5.24. The van der Waals surface area contributed by atoms with Crippen LogP contribution in [0.1, 0.15) is 5.56 Å². The minimum absolute atomic E-state index is 0.0961. The predicted molar refractivity (Wildman–Crippen MR) is 73.5 cm³/mol. The first-order valence-corrected chi connectivity index (χ1v) is 6.53. The standard InChI is InChI=1S/C14H20N4O/c1-17-7-9-18(10-8-17)16-12-13-2-4-14(5-3-13)19-11-6-15/h2-5,16H,7-12H2,1H3. The zero-order valence-electron chi connectivity index (χ0n) is 11.3. The molecule has 1 saturated heterocycles. The van der Waals surface area contributed by atoms with Crippen molar-refractivity contribution in [1.82, 2.24) is 15.3 Å². The van der Waals surface area contributed by atoms with Crippen molar-refractivity contribution >= 4 is 0 Å². The van der Waals surface area contributed by atoms with E-state index >= 15 is 0 Å². The van der Waals surface area contributed by atoms with E-state index in [0.29, 0.717) is 0 Å². The summed E-state index contributed by atoms with van der Waals surface area (Å²) < 4.78 is 5.22. The monoisotopic (exact) mass is 260 g/mol. The number of ether oxygens (including phenoxy) is 1. The number of nitrogens with one attached hydrogen (secondary N) is 1. The van der Waals surface area contributed by atoms with Gasteiger partial charge in [0.15, 0.2) is 6.61 Å². The molecule has 0 bridgehead atoms. The summed E-state index contributed by atoms with van der Waals surface area (Å²) in [5.41, 5.74) is 4.65. The Morgan fingerprint density at radius 3 is 2.53 bits per heavy atom. The number of nitrogens with zero attached hydrogens (tertiary/aromatic N) is 3. The molecular weight excluding hydrogens is 240 g/mol. The number of hydrogen-bond donors (Lipinski definition) is 1. The van der Waals surface area contributed by atoms with Crippen LogP contribution in [0.3, 0.4) is 0 Å². The van der Waals surface area contributed by atoms with E-state index in [0.717, 1.165) is 38.5 Å². The fourth-order valence-corrected chi connectivity index (χ4v) is 1.99. The second-order valence-corrected chi connectivity index (χ2v) is 4.72. The Kier molecular flexibility index (Phi) is 5.16. The molecule has 0 unspecified atom stereocenters. The van der Waals surface area contributed by atoms with Gasteiger partial charge >= 0.3 is 0 Å². The van der Waals surface area contributed by atoms with Gasteiger partial charge in [0.05, 0.1) is 0 Å². The van der Waals surface area contributed by atoms with Gasteiger partial charge in [-0.05, 0) is 24.7 Å². The summed E-state index contributed by atoms with van der Waals surface area (Å²) in [4.78, 5) is 2.33. The first-order chi connectivity index (χ1) is 9.28. The number of piperazine rings is 1. The van der Waals surface area contributed by atoms with Crippen molar-refractivity contribution in [2.24, 2.45) is 0 Å². The van der Waals surface area contributed by atoms with Crippen LogP contribution in [-0.4, -0.2) is 49.7 Å². The molecule has 1 aliphatic heterocycles. The topological polar surface area (TPSA) is 51.5 Å². The van der Waals surface area contributed by atoms with Gasteiger partial charge < -0.3 is 9.64 Å². The average Bonchev–Trinajstić information content (AvgIpc) is 2.46. The lowest BCUT2D eigenvalue weighted by Gasteiger charge is -2.32. The van der Waals surface area contributed by atoms with Gasteiger partial charge in [-0.2, -0.15) is 5.26 Å². The molecule has 1 aromatic rings. The molecule has 5 nitrogen and oxygen atoms in total. The lowest BCUT2D eigenvalue weighted by atomic mass is 10.2. The van der Waals surface area contributed by atoms with E-state index in [4.69, 9.17) is 10.00 Å². The Labute approximate surface area is 114 Å². The molecule has 1 heterocycles. The summed E-state index contributed by atoms with van der Waals surface area (Å²) in [6.07, 6.45) is 0. The third-order valence-corrected chi connectivity index (χ3v) is 3.24. The average molecular weight is 260 g/mol. The SMILES string of the molecule is CN1CCN(NCc2ccc(OCC#N)cc2)CC1. The number of hydrazine groups is 1. The fourth-order valence-electron chi connectivity index (χ4n) is 1.99. The smallest absolute Gasteiger partial charge is 0.174 e. The quantitative estimate of drug-likeness (QED) is 0.850. The molecule has 0 atom stereocenters. The maximum absolute atomic E-state index is 8.44. The largest absolute Gasteiger partial charge is 0.479 e. The molecule has 19 heavy (non-hydrogen) atoms. The van der Waals surface area contributed by atoms with E-state index in [1.165, 1.54) is 5.56 Å². The number of hydrogen-bond acceptors (Lipinski definition) is 5. The van der Waals surface area contributed by atoms with Crippen molar-refractivity contribution < 1.29 is 4.74 Å². The van der Waals surface area contributed by atoms with E-state index < -0.39 is 0 Å². The van der Waals surface area contributed by atoms with E-state index in [2.05, 4.69) is 22.4 Å². The second kappa shape index (κ2) is 7.10. The predicted octanol–water partition coefficient (Wildman–Crippen LogP) is 0.841. The Hall–Kier alpha value is -1.61. The van der Waals surface area contributed by atoms with Gasteiger partial charge in [0.25, 0.3) is 0 Å². The lowest BCUT2D eigenvalue weighted by Crippen LogP contribution is -2.50. The molecule has 0 aliphatic carbocycles. The van der Waals surface area contributed by atoms with Crippen LogP contribution in [0.2, 0.25) is 0 Å². The number of rotatable bonds is 5. The summed E-state index contributed by atoms with van der Waals surface area (Å²) in [5, 5.41) is 10.7. The lowest BCUT2D eigenvalue weighted by molar-refractivity contribution is 0.102. The fraction of sp³-hybridized carbons (Fsp3) is 0.500. The normalized spacial score (nSPS) is 17.1. The highest BCUT2D eigenvalue weighted by Crippen LogP contribution is 2.12. The van der Waals surface area contributed by atoms with E-state index in [9.17, 15) is 0 Å². The van der Waals surface area contributed by atoms with Crippen LogP contribution in [0.25, 0.3) is 0 Å². The maximum Gasteiger partial charge on any atom is 0.174 e. The molecule has 1 aliphatic rings. The van der Waals surface area contributed by atoms with Crippen LogP contribution in [0.5, 0.6) is 5.75 Å². The van der Waals surface area contributed by atoms with E-state index in [1.807, 2.05) is 30.3 Å². The van der Waals surface area contributed by atoms with Crippen molar-refractivity contribution in [2.75, 3.05) is 39.8 Å². The minimum Gasteiger partial charge on any atom is -0.479 e.